The van der Waals surface area contributed by atoms with Gasteiger partial charge >= 0.3 is 0 Å². The zero-order valence-corrected chi connectivity index (χ0v) is 16.1. The van der Waals surface area contributed by atoms with Crippen molar-refractivity contribution in [2.45, 2.75) is 17.6 Å². The van der Waals surface area contributed by atoms with E-state index in [2.05, 4.69) is 20.3 Å². The summed E-state index contributed by atoms with van der Waals surface area (Å²) in [6.07, 6.45) is 2.09. The highest BCUT2D eigenvalue weighted by Crippen LogP contribution is 2.34. The van der Waals surface area contributed by atoms with Crippen LogP contribution in [0.4, 0.5) is 0 Å². The largest absolute Gasteiger partial charge is 0.497 e. The molecule has 1 N–H and O–H groups in total. The summed E-state index contributed by atoms with van der Waals surface area (Å²) in [4.78, 5) is 17.0. The fraction of sp³-hybridized carbons (Fsp3) is 0.200. The Morgan fingerprint density at radius 1 is 1.21 bits per heavy atom. The fourth-order valence-corrected chi connectivity index (χ4v) is 3.72. The lowest BCUT2D eigenvalue weighted by atomic mass is 9.98. The number of hydrazone groups is 1. The molecule has 0 spiro atoms. The maximum Gasteiger partial charge on any atom is 0.253 e. The maximum atomic E-state index is 12.9. The molecule has 0 aliphatic carbocycles. The SMILES string of the molecule is COc1ccc([C@@H]2CC(c3ccccc3)=NN2C(=O)CSc2ncn[nH]2)cc1. The first-order chi connectivity index (χ1) is 13.7. The van der Waals surface area contributed by atoms with Crippen LogP contribution in [0.3, 0.4) is 0 Å². The standard InChI is InChI=1S/C20H19N5O2S/c1-27-16-9-7-15(8-10-16)18-11-17(14-5-3-2-4-6-14)24-25(18)19(26)12-28-20-21-13-22-23-20/h2-10,13,18H,11-12H2,1H3,(H,21,22,23)/t18-/m0/s1. The molecule has 4 rings (SSSR count). The molecule has 0 saturated heterocycles. The molecule has 8 heteroatoms. The number of hydrogen-bond acceptors (Lipinski definition) is 6. The van der Waals surface area contributed by atoms with Crippen molar-refractivity contribution in [3.63, 3.8) is 0 Å². The summed E-state index contributed by atoms with van der Waals surface area (Å²) in [5.74, 6) is 0.936. The van der Waals surface area contributed by atoms with Crippen LogP contribution in [-0.4, -0.2) is 44.7 Å². The number of nitrogens with zero attached hydrogens (tertiary/aromatic N) is 4. The average molecular weight is 393 g/mol. The van der Waals surface area contributed by atoms with Gasteiger partial charge in [0.25, 0.3) is 5.91 Å². The van der Waals surface area contributed by atoms with Crippen molar-refractivity contribution in [3.8, 4) is 5.75 Å². The third-order valence-corrected chi connectivity index (χ3v) is 5.36. The molecule has 3 aromatic rings. The van der Waals surface area contributed by atoms with Crippen LogP contribution in [0.5, 0.6) is 5.75 Å². The highest BCUT2D eigenvalue weighted by atomic mass is 32.2. The summed E-state index contributed by atoms with van der Waals surface area (Å²) in [5.41, 5.74) is 2.95. The number of ether oxygens (including phenoxy) is 1. The van der Waals surface area contributed by atoms with E-state index < -0.39 is 0 Å². The van der Waals surface area contributed by atoms with Crippen molar-refractivity contribution < 1.29 is 9.53 Å². The Kier molecular flexibility index (Phi) is 5.38. The first-order valence-electron chi connectivity index (χ1n) is 8.81. The molecule has 0 saturated carbocycles. The number of H-pyrrole nitrogens is 1. The number of benzene rings is 2. The van der Waals surface area contributed by atoms with Gasteiger partial charge in [0.2, 0.25) is 0 Å². The monoisotopic (exact) mass is 393 g/mol. The first-order valence-corrected chi connectivity index (χ1v) is 9.80. The Balaban J connectivity index is 1.58. The van der Waals surface area contributed by atoms with Crippen LogP contribution in [0, 0.1) is 0 Å². The fourth-order valence-electron chi connectivity index (χ4n) is 3.09. The average Bonchev–Trinajstić information content (AvgIpc) is 3.43. The quantitative estimate of drug-likeness (QED) is 0.650. The van der Waals surface area contributed by atoms with Crippen molar-refractivity contribution in [1.29, 1.82) is 0 Å². The minimum atomic E-state index is -0.149. The Hall–Kier alpha value is -3.13. The highest BCUT2D eigenvalue weighted by molar-refractivity contribution is 7.99. The van der Waals surface area contributed by atoms with E-state index in [1.54, 1.807) is 12.1 Å². The number of thioether (sulfide) groups is 1. The molecule has 2 heterocycles. The summed E-state index contributed by atoms with van der Waals surface area (Å²) in [7, 11) is 1.64. The second-order valence-corrected chi connectivity index (χ2v) is 7.19. The van der Waals surface area contributed by atoms with Gasteiger partial charge in [0, 0.05) is 6.42 Å². The Morgan fingerprint density at radius 3 is 2.68 bits per heavy atom. The van der Waals surface area contributed by atoms with Crippen LogP contribution in [0.2, 0.25) is 0 Å². The summed E-state index contributed by atoms with van der Waals surface area (Å²) >= 11 is 1.31. The van der Waals surface area contributed by atoms with Gasteiger partial charge in [-0.05, 0) is 23.3 Å². The smallest absolute Gasteiger partial charge is 0.253 e. The number of methoxy groups -OCH3 is 1. The zero-order chi connectivity index (χ0) is 19.3. The molecule has 1 atom stereocenters. The van der Waals surface area contributed by atoms with E-state index in [1.165, 1.54) is 18.1 Å². The summed E-state index contributed by atoms with van der Waals surface area (Å²) in [5, 5.41) is 13.4. The zero-order valence-electron chi connectivity index (χ0n) is 15.3. The number of hydrogen-bond donors (Lipinski definition) is 1. The first kappa shape index (κ1) is 18.2. The van der Waals surface area contributed by atoms with E-state index in [4.69, 9.17) is 4.74 Å². The minimum absolute atomic E-state index is 0.0758. The predicted molar refractivity (Wildman–Crippen MR) is 107 cm³/mol. The number of nitrogens with one attached hydrogen (secondary N) is 1. The molecule has 1 aromatic heterocycles. The summed E-state index contributed by atoms with van der Waals surface area (Å²) in [6, 6.07) is 17.6. The van der Waals surface area contributed by atoms with Gasteiger partial charge in [-0.15, -0.1) is 0 Å². The van der Waals surface area contributed by atoms with Gasteiger partial charge in [0.05, 0.1) is 24.6 Å². The van der Waals surface area contributed by atoms with Crippen molar-refractivity contribution in [3.05, 3.63) is 72.1 Å². The number of rotatable bonds is 6. The van der Waals surface area contributed by atoms with Gasteiger partial charge in [-0.1, -0.05) is 54.2 Å². The van der Waals surface area contributed by atoms with E-state index >= 15 is 0 Å². The van der Waals surface area contributed by atoms with Crippen LogP contribution in [0.15, 0.2) is 71.2 Å². The predicted octanol–water partition coefficient (Wildman–Crippen LogP) is 3.28. The molecule has 2 aromatic carbocycles. The molecule has 1 aliphatic heterocycles. The van der Waals surface area contributed by atoms with Crippen molar-refractivity contribution in [1.82, 2.24) is 20.2 Å². The molecule has 7 nitrogen and oxygen atoms in total. The lowest BCUT2D eigenvalue weighted by Crippen LogP contribution is -2.28. The molecular weight excluding hydrogens is 374 g/mol. The maximum absolute atomic E-state index is 12.9. The van der Waals surface area contributed by atoms with Gasteiger partial charge in [0.15, 0.2) is 5.16 Å². The van der Waals surface area contributed by atoms with E-state index in [-0.39, 0.29) is 17.7 Å². The van der Waals surface area contributed by atoms with Gasteiger partial charge in [0.1, 0.15) is 12.1 Å². The lowest BCUT2D eigenvalue weighted by molar-refractivity contribution is -0.130. The summed E-state index contributed by atoms with van der Waals surface area (Å²) in [6.45, 7) is 0. The van der Waals surface area contributed by atoms with Gasteiger partial charge in [-0.2, -0.15) is 10.2 Å². The van der Waals surface area contributed by atoms with Gasteiger partial charge in [-0.25, -0.2) is 9.99 Å². The Morgan fingerprint density at radius 2 is 2.00 bits per heavy atom. The van der Waals surface area contributed by atoms with E-state index in [9.17, 15) is 4.79 Å². The van der Waals surface area contributed by atoms with Crippen LogP contribution < -0.4 is 4.74 Å². The van der Waals surface area contributed by atoms with Crippen molar-refractivity contribution in [2.75, 3.05) is 12.9 Å². The van der Waals surface area contributed by atoms with E-state index in [0.717, 1.165) is 22.6 Å². The molecular formula is C20H19N5O2S. The number of carbonyl (C=O) groups excluding carboxylic acids is 1. The molecule has 0 bridgehead atoms. The van der Waals surface area contributed by atoms with Crippen LogP contribution in [0.1, 0.15) is 23.6 Å². The molecule has 1 amide bonds. The molecule has 0 unspecified atom stereocenters. The number of aromatic amines is 1. The molecule has 142 valence electrons. The third-order valence-electron chi connectivity index (χ3n) is 4.50. The lowest BCUT2D eigenvalue weighted by Gasteiger charge is -2.22. The molecule has 28 heavy (non-hydrogen) atoms. The van der Waals surface area contributed by atoms with Crippen molar-refractivity contribution in [2.24, 2.45) is 5.10 Å². The van der Waals surface area contributed by atoms with Gasteiger partial charge < -0.3 is 4.74 Å². The van der Waals surface area contributed by atoms with Crippen molar-refractivity contribution >= 4 is 23.4 Å². The minimum Gasteiger partial charge on any atom is -0.497 e. The normalized spacial score (nSPS) is 16.1. The molecule has 0 fully saturated rings. The third kappa shape index (κ3) is 3.91. The summed E-state index contributed by atoms with van der Waals surface area (Å²) < 4.78 is 5.25. The highest BCUT2D eigenvalue weighted by Gasteiger charge is 2.33. The second kappa shape index (κ2) is 8.26. The topological polar surface area (TPSA) is 83.5 Å². The Bertz CT molecular complexity index is 958. The number of aromatic nitrogens is 3. The number of carbonyl (C=O) groups is 1. The van der Waals surface area contributed by atoms with Gasteiger partial charge in [-0.3, -0.25) is 9.89 Å². The van der Waals surface area contributed by atoms with Crippen LogP contribution >= 0.6 is 11.8 Å². The van der Waals surface area contributed by atoms with Crippen LogP contribution in [-0.2, 0) is 4.79 Å². The number of amides is 1. The van der Waals surface area contributed by atoms with E-state index in [0.29, 0.717) is 11.6 Å². The van der Waals surface area contributed by atoms with E-state index in [1.807, 2.05) is 54.6 Å². The second-order valence-electron chi connectivity index (χ2n) is 6.22. The molecule has 0 radical (unpaired) electrons. The van der Waals surface area contributed by atoms with Crippen LogP contribution in [0.25, 0.3) is 0 Å². The molecule has 1 aliphatic rings. The Labute approximate surface area is 166 Å².